The van der Waals surface area contributed by atoms with Gasteiger partial charge in [-0.15, -0.1) is 0 Å². The Hall–Kier alpha value is -1.55. The average Bonchev–Trinajstić information content (AvgIpc) is 2.50. The van der Waals surface area contributed by atoms with E-state index in [4.69, 9.17) is 4.74 Å². The van der Waals surface area contributed by atoms with E-state index in [1.54, 1.807) is 7.11 Å². The van der Waals surface area contributed by atoms with Crippen molar-refractivity contribution in [3.63, 3.8) is 0 Å². The second-order valence-corrected chi connectivity index (χ2v) is 6.24. The van der Waals surface area contributed by atoms with Crippen LogP contribution in [0.15, 0.2) is 35.1 Å². The van der Waals surface area contributed by atoms with E-state index in [-0.39, 0.29) is 0 Å². The highest BCUT2D eigenvalue weighted by Crippen LogP contribution is 2.34. The van der Waals surface area contributed by atoms with Gasteiger partial charge in [-0.1, -0.05) is 6.07 Å². The van der Waals surface area contributed by atoms with Gasteiger partial charge in [-0.2, -0.15) is 0 Å². The molecule has 0 spiro atoms. The van der Waals surface area contributed by atoms with Crippen LogP contribution in [0, 0.1) is 6.92 Å². The number of rotatable bonds is 3. The van der Waals surface area contributed by atoms with Gasteiger partial charge in [0.2, 0.25) is 0 Å². The Bertz CT molecular complexity index is 657. The Morgan fingerprint density at radius 3 is 2.95 bits per heavy atom. The minimum Gasteiger partial charge on any atom is -0.497 e. The number of pyridine rings is 1. The van der Waals surface area contributed by atoms with Gasteiger partial charge in [0, 0.05) is 0 Å². The number of benzene rings is 1. The van der Waals surface area contributed by atoms with E-state index < -0.39 is 0 Å². The van der Waals surface area contributed by atoms with Crippen molar-refractivity contribution in [3.05, 3.63) is 51.8 Å². The van der Waals surface area contributed by atoms with E-state index in [9.17, 15) is 0 Å². The quantitative estimate of drug-likeness (QED) is 0.821. The highest BCUT2D eigenvalue weighted by atomic mass is 79.9. The lowest BCUT2D eigenvalue weighted by atomic mass is 9.87. The minimum atomic E-state index is 0.349. The first-order chi connectivity index (χ1) is 10.2. The number of hydrogen-bond acceptors (Lipinski definition) is 3. The van der Waals surface area contributed by atoms with Crippen molar-refractivity contribution in [3.8, 4) is 5.75 Å². The van der Waals surface area contributed by atoms with Gasteiger partial charge in [0.15, 0.2) is 0 Å². The van der Waals surface area contributed by atoms with Crippen LogP contribution in [0.5, 0.6) is 5.75 Å². The summed E-state index contributed by atoms with van der Waals surface area (Å²) in [4.78, 5) is 4.36. The van der Waals surface area contributed by atoms with Crippen molar-refractivity contribution < 1.29 is 4.74 Å². The van der Waals surface area contributed by atoms with Gasteiger partial charge < -0.3 is 10.1 Å². The number of anilines is 1. The number of methoxy groups -OCH3 is 1. The van der Waals surface area contributed by atoms with E-state index in [0.29, 0.717) is 6.04 Å². The topological polar surface area (TPSA) is 34.1 Å². The van der Waals surface area contributed by atoms with Gasteiger partial charge in [0.1, 0.15) is 10.4 Å². The van der Waals surface area contributed by atoms with Crippen LogP contribution in [0.1, 0.15) is 35.6 Å². The maximum absolute atomic E-state index is 5.33. The summed E-state index contributed by atoms with van der Waals surface area (Å²) in [6.07, 6.45) is 5.35. The Morgan fingerprint density at radius 2 is 2.19 bits per heavy atom. The summed E-state index contributed by atoms with van der Waals surface area (Å²) in [5, 5.41) is 3.62. The summed E-state index contributed by atoms with van der Waals surface area (Å²) < 4.78 is 6.23. The molecule has 0 bridgehead atoms. The zero-order valence-corrected chi connectivity index (χ0v) is 13.9. The third-order valence-corrected chi connectivity index (χ3v) is 4.85. The number of nitrogens with zero attached hydrogens (tertiary/aromatic N) is 1. The van der Waals surface area contributed by atoms with Crippen molar-refractivity contribution in [1.29, 1.82) is 0 Å². The Kier molecular flexibility index (Phi) is 4.15. The molecule has 0 saturated heterocycles. The normalized spacial score (nSPS) is 17.2. The van der Waals surface area contributed by atoms with E-state index in [1.807, 2.05) is 12.3 Å². The van der Waals surface area contributed by atoms with Crippen LogP contribution in [0.4, 0.5) is 5.69 Å². The molecule has 0 saturated carbocycles. The lowest BCUT2D eigenvalue weighted by Gasteiger charge is -2.27. The molecule has 1 aliphatic carbocycles. The van der Waals surface area contributed by atoms with Crippen molar-refractivity contribution in [2.24, 2.45) is 0 Å². The van der Waals surface area contributed by atoms with Crippen LogP contribution < -0.4 is 10.1 Å². The molecule has 0 fully saturated rings. The van der Waals surface area contributed by atoms with E-state index >= 15 is 0 Å². The fraction of sp³-hybridized carbons (Fsp3) is 0.353. The Morgan fingerprint density at radius 1 is 1.33 bits per heavy atom. The molecule has 110 valence electrons. The van der Waals surface area contributed by atoms with Crippen LogP contribution in [0.3, 0.4) is 0 Å². The largest absolute Gasteiger partial charge is 0.497 e. The first-order valence-corrected chi connectivity index (χ1v) is 8.02. The lowest BCUT2D eigenvalue weighted by Crippen LogP contribution is -2.17. The van der Waals surface area contributed by atoms with E-state index in [0.717, 1.165) is 34.4 Å². The molecule has 1 aliphatic rings. The average molecular weight is 347 g/mol. The third kappa shape index (κ3) is 3.05. The Labute approximate surface area is 133 Å². The van der Waals surface area contributed by atoms with Crippen molar-refractivity contribution in [2.75, 3.05) is 12.4 Å². The molecule has 1 N–H and O–H groups in total. The van der Waals surface area contributed by atoms with Gasteiger partial charge >= 0.3 is 0 Å². The maximum atomic E-state index is 5.33. The summed E-state index contributed by atoms with van der Waals surface area (Å²) in [6, 6.07) is 8.87. The van der Waals surface area contributed by atoms with Crippen molar-refractivity contribution >= 4 is 21.6 Å². The smallest absolute Gasteiger partial charge is 0.119 e. The molecule has 3 nitrogen and oxygen atoms in total. The van der Waals surface area contributed by atoms with Gasteiger partial charge in [-0.05, 0) is 77.0 Å². The Balaban J connectivity index is 1.86. The molecule has 1 aromatic heterocycles. The zero-order valence-electron chi connectivity index (χ0n) is 12.3. The number of aryl methyl sites for hydroxylation is 2. The van der Waals surface area contributed by atoms with Crippen LogP contribution in [0.25, 0.3) is 0 Å². The number of halogens is 1. The predicted octanol–water partition coefficient (Wildman–Crippen LogP) is 4.65. The number of aromatic nitrogens is 1. The van der Waals surface area contributed by atoms with Crippen LogP contribution >= 0.6 is 15.9 Å². The number of fused-ring (bicyclic) bond motifs is 1. The molecule has 1 unspecified atom stereocenters. The summed E-state index contributed by atoms with van der Waals surface area (Å²) in [5.74, 6) is 0.940. The first kappa shape index (κ1) is 14.4. The molecule has 0 amide bonds. The second kappa shape index (κ2) is 6.06. The molecule has 3 rings (SSSR count). The van der Waals surface area contributed by atoms with Crippen molar-refractivity contribution in [1.82, 2.24) is 4.98 Å². The van der Waals surface area contributed by atoms with E-state index in [2.05, 4.69) is 51.4 Å². The summed E-state index contributed by atoms with van der Waals surface area (Å²) in [7, 11) is 1.72. The number of nitrogens with one attached hydrogen (secondary N) is 1. The molecule has 4 heteroatoms. The number of ether oxygens (including phenoxy) is 1. The summed E-state index contributed by atoms with van der Waals surface area (Å²) in [6.45, 7) is 2.06. The van der Waals surface area contributed by atoms with Gasteiger partial charge in [-0.25, -0.2) is 4.98 Å². The van der Waals surface area contributed by atoms with Crippen LogP contribution in [0.2, 0.25) is 0 Å². The standard InChI is InChI=1S/C17H19BrN2O/c1-11-8-13(10-19-17(11)18)20-16-5-3-4-12-9-14(21-2)6-7-15(12)16/h6-10,16,20H,3-5H2,1-2H3. The van der Waals surface area contributed by atoms with Crippen LogP contribution in [-0.2, 0) is 6.42 Å². The molecule has 2 aromatic rings. The summed E-state index contributed by atoms with van der Waals surface area (Å²) >= 11 is 3.44. The monoisotopic (exact) mass is 346 g/mol. The van der Waals surface area contributed by atoms with E-state index in [1.165, 1.54) is 17.5 Å². The molecule has 1 heterocycles. The second-order valence-electron chi connectivity index (χ2n) is 5.49. The first-order valence-electron chi connectivity index (χ1n) is 7.23. The lowest BCUT2D eigenvalue weighted by molar-refractivity contribution is 0.413. The molecule has 1 aromatic carbocycles. The van der Waals surface area contributed by atoms with Gasteiger partial charge in [-0.3, -0.25) is 0 Å². The molecular weight excluding hydrogens is 328 g/mol. The molecule has 0 radical (unpaired) electrons. The SMILES string of the molecule is COc1ccc2c(c1)CCCC2Nc1cnc(Br)c(C)c1. The van der Waals surface area contributed by atoms with Crippen LogP contribution in [-0.4, -0.2) is 12.1 Å². The highest BCUT2D eigenvalue weighted by molar-refractivity contribution is 9.10. The highest BCUT2D eigenvalue weighted by Gasteiger charge is 2.20. The third-order valence-electron chi connectivity index (χ3n) is 4.02. The summed E-state index contributed by atoms with van der Waals surface area (Å²) in [5.41, 5.74) is 4.98. The molecular formula is C17H19BrN2O. The molecule has 21 heavy (non-hydrogen) atoms. The number of hydrogen-bond donors (Lipinski definition) is 1. The predicted molar refractivity (Wildman–Crippen MR) is 89.0 cm³/mol. The minimum absolute atomic E-state index is 0.349. The molecule has 1 atom stereocenters. The maximum Gasteiger partial charge on any atom is 0.119 e. The zero-order chi connectivity index (χ0) is 14.8. The fourth-order valence-electron chi connectivity index (χ4n) is 2.91. The van der Waals surface area contributed by atoms with Crippen molar-refractivity contribution in [2.45, 2.75) is 32.2 Å². The van der Waals surface area contributed by atoms with Gasteiger partial charge in [0.05, 0.1) is 25.0 Å². The molecule has 0 aliphatic heterocycles. The fourth-order valence-corrected chi connectivity index (χ4v) is 3.12. The van der Waals surface area contributed by atoms with Gasteiger partial charge in [0.25, 0.3) is 0 Å².